The number of hydrogen-bond donors (Lipinski definition) is 3. The van der Waals surface area contributed by atoms with Crippen molar-refractivity contribution in [2.24, 2.45) is 0 Å². The Balaban J connectivity index is 1.66. The van der Waals surface area contributed by atoms with Crippen LogP contribution in [0.4, 0.5) is 23.1 Å². The third-order valence-corrected chi connectivity index (χ3v) is 6.12. The first kappa shape index (κ1) is 20.1. The van der Waals surface area contributed by atoms with E-state index in [0.717, 1.165) is 22.1 Å². The van der Waals surface area contributed by atoms with E-state index >= 15 is 0 Å². The minimum absolute atomic E-state index is 0.424. The van der Waals surface area contributed by atoms with Crippen molar-refractivity contribution in [2.45, 2.75) is 6.54 Å². The molecule has 0 aliphatic rings. The van der Waals surface area contributed by atoms with Crippen molar-refractivity contribution in [2.75, 3.05) is 37.7 Å². The zero-order valence-electron chi connectivity index (χ0n) is 17.1. The lowest BCUT2D eigenvalue weighted by Gasteiger charge is -2.15. The van der Waals surface area contributed by atoms with Crippen LogP contribution in [0.1, 0.15) is 0 Å². The highest BCUT2D eigenvalue weighted by molar-refractivity contribution is 7.70. The largest absolute Gasteiger partial charge is 0.383 e. The number of fused-ring (bicyclic) bond motifs is 1. The second-order valence-electron chi connectivity index (χ2n) is 7.24. The van der Waals surface area contributed by atoms with Crippen molar-refractivity contribution >= 4 is 46.6 Å². The van der Waals surface area contributed by atoms with Gasteiger partial charge in [-0.05, 0) is 31.5 Å². The van der Waals surface area contributed by atoms with Crippen molar-refractivity contribution in [3.8, 4) is 0 Å². The number of ether oxygens (including phenoxy) is 1. The molecule has 0 fully saturated rings. The molecule has 0 atom stereocenters. The minimum atomic E-state index is -2.46. The van der Waals surface area contributed by atoms with E-state index in [1.807, 2.05) is 42.7 Å². The molecule has 0 amide bonds. The average Bonchev–Trinajstić information content (AvgIpc) is 3.35. The van der Waals surface area contributed by atoms with Gasteiger partial charge >= 0.3 is 0 Å². The molecule has 0 saturated heterocycles. The number of methoxy groups -OCH3 is 1. The highest BCUT2D eigenvalue weighted by Crippen LogP contribution is 2.38. The number of H-pyrrole nitrogens is 1. The molecule has 0 unspecified atom stereocenters. The molecule has 9 nitrogen and oxygen atoms in total. The van der Waals surface area contributed by atoms with Crippen LogP contribution in [0.15, 0.2) is 48.9 Å². The molecule has 30 heavy (non-hydrogen) atoms. The number of benzene rings is 1. The van der Waals surface area contributed by atoms with Gasteiger partial charge in [0.15, 0.2) is 0 Å². The monoisotopic (exact) mass is 425 g/mol. The topological polar surface area (TPSA) is 110 Å². The molecule has 1 aromatic carbocycles. The Hall–Kier alpha value is -3.16. The van der Waals surface area contributed by atoms with Crippen LogP contribution in [0.5, 0.6) is 0 Å². The van der Waals surface area contributed by atoms with E-state index in [-0.39, 0.29) is 0 Å². The van der Waals surface area contributed by atoms with Crippen LogP contribution in [0.25, 0.3) is 11.0 Å². The second kappa shape index (κ2) is 8.30. The number of aromatic nitrogens is 5. The van der Waals surface area contributed by atoms with Crippen molar-refractivity contribution in [3.63, 3.8) is 0 Å². The number of aromatic amines is 1. The fourth-order valence-electron chi connectivity index (χ4n) is 3.13. The summed E-state index contributed by atoms with van der Waals surface area (Å²) in [6.07, 6.45) is 5.40. The van der Waals surface area contributed by atoms with Crippen LogP contribution in [0, 0.1) is 0 Å². The molecule has 0 aliphatic carbocycles. The van der Waals surface area contributed by atoms with E-state index < -0.39 is 7.14 Å². The molecule has 0 radical (unpaired) electrons. The number of nitrogens with zero attached hydrogens (tertiary/aromatic N) is 4. The Kier molecular flexibility index (Phi) is 5.57. The molecule has 4 rings (SSSR count). The van der Waals surface area contributed by atoms with Crippen molar-refractivity contribution in [3.05, 3.63) is 48.9 Å². The van der Waals surface area contributed by atoms with Gasteiger partial charge in [0.2, 0.25) is 5.95 Å². The molecule has 3 aromatic heterocycles. The smallest absolute Gasteiger partial charge is 0.231 e. The average molecular weight is 425 g/mol. The first-order valence-corrected chi connectivity index (χ1v) is 12.1. The lowest BCUT2D eigenvalue weighted by molar-refractivity contribution is 0.183. The third-order valence-electron chi connectivity index (χ3n) is 4.57. The van der Waals surface area contributed by atoms with Gasteiger partial charge in [0.05, 0.1) is 36.1 Å². The highest BCUT2D eigenvalue weighted by Gasteiger charge is 2.17. The molecule has 0 bridgehead atoms. The van der Waals surface area contributed by atoms with E-state index in [0.29, 0.717) is 30.6 Å². The lowest BCUT2D eigenvalue weighted by Crippen LogP contribution is -2.10. The Morgan fingerprint density at radius 3 is 2.80 bits per heavy atom. The van der Waals surface area contributed by atoms with Crippen molar-refractivity contribution in [1.29, 1.82) is 0 Å². The third kappa shape index (κ3) is 4.37. The van der Waals surface area contributed by atoms with Gasteiger partial charge in [0.1, 0.15) is 18.6 Å². The van der Waals surface area contributed by atoms with Gasteiger partial charge in [-0.25, -0.2) is 0 Å². The summed E-state index contributed by atoms with van der Waals surface area (Å²) in [4.78, 5) is 12.3. The Morgan fingerprint density at radius 1 is 1.17 bits per heavy atom. The predicted molar refractivity (Wildman–Crippen MR) is 120 cm³/mol. The first-order chi connectivity index (χ1) is 14.4. The molecule has 0 spiro atoms. The van der Waals surface area contributed by atoms with Gasteiger partial charge in [-0.1, -0.05) is 12.1 Å². The molecular weight excluding hydrogens is 401 g/mol. The number of anilines is 4. The van der Waals surface area contributed by atoms with Gasteiger partial charge in [-0.3, -0.25) is 4.68 Å². The predicted octanol–water partition coefficient (Wildman–Crippen LogP) is 3.54. The minimum Gasteiger partial charge on any atom is -0.383 e. The standard InChI is InChI=1S/C20H24N7O2P/c1-29-11-10-27-13-14(12-22-27)23-20-25-18-15(8-9-21-18)19(26-20)24-16-6-4-5-7-17(16)30(2,3)28/h4-9,12-13H,10-11H2,1-3H3,(H3,21,23,24,25,26). The summed E-state index contributed by atoms with van der Waals surface area (Å²) < 4.78 is 19.6. The van der Waals surface area contributed by atoms with Gasteiger partial charge in [-0.15, -0.1) is 0 Å². The Morgan fingerprint density at radius 2 is 2.00 bits per heavy atom. The quantitative estimate of drug-likeness (QED) is 0.371. The molecule has 156 valence electrons. The number of nitrogens with one attached hydrogen (secondary N) is 3. The molecular formula is C20H24N7O2P. The van der Waals surface area contributed by atoms with E-state index in [4.69, 9.17) is 4.74 Å². The summed E-state index contributed by atoms with van der Waals surface area (Å²) in [6, 6.07) is 9.49. The fraction of sp³-hybridized carbons (Fsp3) is 0.250. The van der Waals surface area contributed by atoms with Gasteiger partial charge in [-0.2, -0.15) is 15.1 Å². The number of rotatable bonds is 8. The molecule has 10 heteroatoms. The van der Waals surface area contributed by atoms with E-state index in [2.05, 4.69) is 30.7 Å². The van der Waals surface area contributed by atoms with Gasteiger partial charge in [0.25, 0.3) is 0 Å². The molecule has 0 aliphatic heterocycles. The zero-order chi connectivity index (χ0) is 21.1. The van der Waals surface area contributed by atoms with Crippen molar-refractivity contribution in [1.82, 2.24) is 24.7 Å². The van der Waals surface area contributed by atoms with Crippen LogP contribution in [-0.2, 0) is 15.8 Å². The van der Waals surface area contributed by atoms with Crippen LogP contribution in [0.2, 0.25) is 0 Å². The van der Waals surface area contributed by atoms with Crippen LogP contribution < -0.4 is 15.9 Å². The van der Waals surface area contributed by atoms with Crippen LogP contribution in [0.3, 0.4) is 0 Å². The normalized spacial score (nSPS) is 11.7. The van der Waals surface area contributed by atoms with Crippen LogP contribution >= 0.6 is 7.14 Å². The van der Waals surface area contributed by atoms with Gasteiger partial charge < -0.3 is 24.9 Å². The van der Waals surface area contributed by atoms with E-state index in [1.165, 1.54) is 0 Å². The van der Waals surface area contributed by atoms with Crippen LogP contribution in [-0.4, -0.2) is 51.8 Å². The second-order valence-corrected chi connectivity index (χ2v) is 10.4. The summed E-state index contributed by atoms with van der Waals surface area (Å²) >= 11 is 0. The summed E-state index contributed by atoms with van der Waals surface area (Å²) in [7, 11) is -0.805. The summed E-state index contributed by atoms with van der Waals surface area (Å²) in [5.41, 5.74) is 2.23. The lowest BCUT2D eigenvalue weighted by atomic mass is 10.3. The van der Waals surface area contributed by atoms with E-state index in [1.54, 1.807) is 31.3 Å². The first-order valence-electron chi connectivity index (χ1n) is 9.49. The maximum Gasteiger partial charge on any atom is 0.231 e. The molecule has 0 saturated carbocycles. The molecule has 3 N–H and O–H groups in total. The SMILES string of the molecule is COCCn1cc(Nc2nc(Nc3ccccc3P(C)(C)=O)c3cc[nH]c3n2)cn1. The Labute approximate surface area is 174 Å². The highest BCUT2D eigenvalue weighted by atomic mass is 31.2. The molecule has 4 aromatic rings. The summed E-state index contributed by atoms with van der Waals surface area (Å²) in [6.45, 7) is 4.76. The summed E-state index contributed by atoms with van der Waals surface area (Å²) in [5.74, 6) is 1.05. The maximum absolute atomic E-state index is 12.7. The van der Waals surface area contributed by atoms with Crippen molar-refractivity contribution < 1.29 is 9.30 Å². The zero-order valence-corrected chi connectivity index (χ0v) is 18.0. The number of hydrogen-bond acceptors (Lipinski definition) is 7. The Bertz CT molecular complexity index is 1210. The number of para-hydroxylation sites is 1. The molecule has 3 heterocycles. The van der Waals surface area contributed by atoms with E-state index in [9.17, 15) is 4.57 Å². The maximum atomic E-state index is 12.7. The van der Waals surface area contributed by atoms with Gasteiger partial charge in [0, 0.05) is 24.8 Å². The fourth-order valence-corrected chi connectivity index (χ4v) is 4.29. The summed E-state index contributed by atoms with van der Waals surface area (Å²) in [5, 5.41) is 12.5.